The molecule has 21 heavy (non-hydrogen) atoms. The van der Waals surface area contributed by atoms with Crippen LogP contribution in [0.5, 0.6) is 11.5 Å². The van der Waals surface area contributed by atoms with Crippen molar-refractivity contribution < 1.29 is 19.0 Å². The van der Waals surface area contributed by atoms with Crippen molar-refractivity contribution in [2.45, 2.75) is 0 Å². The maximum absolute atomic E-state index is 11.3. The molecule has 0 bridgehead atoms. The highest BCUT2D eigenvalue weighted by Gasteiger charge is 2.04. The molecule has 0 heterocycles. The van der Waals surface area contributed by atoms with Gasteiger partial charge in [0.1, 0.15) is 24.7 Å². The molecule has 0 amide bonds. The number of hydrogen-bond donors (Lipinski definition) is 0. The Kier molecular flexibility index (Phi) is 5.63. The standard InChI is InChI=1S/C16H15BrO4/c1-19-16(18)12-5-7-14(8-6-12)20-9-10-21-15-4-2-3-13(17)11-15/h2-8,11H,9-10H2,1H3. The van der Waals surface area contributed by atoms with Crippen LogP contribution in [0.4, 0.5) is 0 Å². The number of ether oxygens (including phenoxy) is 3. The molecule has 0 atom stereocenters. The van der Waals surface area contributed by atoms with Gasteiger partial charge in [-0.2, -0.15) is 0 Å². The van der Waals surface area contributed by atoms with Gasteiger partial charge in [0, 0.05) is 4.47 Å². The van der Waals surface area contributed by atoms with Crippen LogP contribution in [0.25, 0.3) is 0 Å². The number of esters is 1. The molecule has 0 saturated heterocycles. The summed E-state index contributed by atoms with van der Waals surface area (Å²) in [6.45, 7) is 0.860. The van der Waals surface area contributed by atoms with E-state index < -0.39 is 0 Å². The molecule has 2 rings (SSSR count). The van der Waals surface area contributed by atoms with E-state index in [1.807, 2.05) is 24.3 Å². The van der Waals surface area contributed by atoms with Crippen molar-refractivity contribution in [1.29, 1.82) is 0 Å². The lowest BCUT2D eigenvalue weighted by Gasteiger charge is -2.09. The minimum Gasteiger partial charge on any atom is -0.490 e. The summed E-state index contributed by atoms with van der Waals surface area (Å²) in [6.07, 6.45) is 0. The Morgan fingerprint density at radius 2 is 1.67 bits per heavy atom. The number of rotatable bonds is 6. The summed E-state index contributed by atoms with van der Waals surface area (Å²) in [7, 11) is 1.35. The number of carbonyl (C=O) groups excluding carboxylic acids is 1. The number of benzene rings is 2. The minimum absolute atomic E-state index is 0.362. The lowest BCUT2D eigenvalue weighted by Crippen LogP contribution is -2.09. The molecule has 5 heteroatoms. The van der Waals surface area contributed by atoms with Crippen molar-refractivity contribution in [3.05, 3.63) is 58.6 Å². The van der Waals surface area contributed by atoms with Crippen molar-refractivity contribution in [3.63, 3.8) is 0 Å². The summed E-state index contributed by atoms with van der Waals surface area (Å²) in [5.74, 6) is 1.11. The first kappa shape index (κ1) is 15.4. The molecule has 0 aliphatic heterocycles. The maximum atomic E-state index is 11.3. The van der Waals surface area contributed by atoms with Crippen molar-refractivity contribution in [3.8, 4) is 11.5 Å². The van der Waals surface area contributed by atoms with Crippen LogP contribution in [-0.2, 0) is 4.74 Å². The summed E-state index contributed by atoms with van der Waals surface area (Å²) in [5, 5.41) is 0. The van der Waals surface area contributed by atoms with Gasteiger partial charge in [-0.05, 0) is 42.5 Å². The first-order chi connectivity index (χ1) is 10.2. The average Bonchev–Trinajstić information content (AvgIpc) is 2.51. The van der Waals surface area contributed by atoms with Gasteiger partial charge in [0.05, 0.1) is 12.7 Å². The molecule has 0 unspecified atom stereocenters. The predicted molar refractivity (Wildman–Crippen MR) is 82.9 cm³/mol. The van der Waals surface area contributed by atoms with E-state index >= 15 is 0 Å². The van der Waals surface area contributed by atoms with Gasteiger partial charge < -0.3 is 14.2 Å². The van der Waals surface area contributed by atoms with Gasteiger partial charge in [0.25, 0.3) is 0 Å². The quantitative estimate of drug-likeness (QED) is 0.588. The van der Waals surface area contributed by atoms with Crippen molar-refractivity contribution in [2.24, 2.45) is 0 Å². The fourth-order valence-corrected chi connectivity index (χ4v) is 2.06. The van der Waals surface area contributed by atoms with Gasteiger partial charge in [-0.3, -0.25) is 0 Å². The van der Waals surface area contributed by atoms with Crippen LogP contribution in [0.15, 0.2) is 53.0 Å². The number of halogens is 1. The van der Waals surface area contributed by atoms with Crippen LogP contribution in [-0.4, -0.2) is 26.3 Å². The number of hydrogen-bond acceptors (Lipinski definition) is 4. The Morgan fingerprint density at radius 1 is 1.00 bits per heavy atom. The van der Waals surface area contributed by atoms with Crippen LogP contribution < -0.4 is 9.47 Å². The maximum Gasteiger partial charge on any atom is 0.337 e. The summed E-state index contributed by atoms with van der Waals surface area (Å²) in [6, 6.07) is 14.4. The second-order valence-corrected chi connectivity index (χ2v) is 5.09. The van der Waals surface area contributed by atoms with Crippen LogP contribution in [0.3, 0.4) is 0 Å². The lowest BCUT2D eigenvalue weighted by molar-refractivity contribution is 0.0600. The van der Waals surface area contributed by atoms with Crippen LogP contribution in [0, 0.1) is 0 Å². The lowest BCUT2D eigenvalue weighted by atomic mass is 10.2. The average molecular weight is 351 g/mol. The third-order valence-electron chi connectivity index (χ3n) is 2.69. The normalized spacial score (nSPS) is 10.0. The van der Waals surface area contributed by atoms with E-state index in [4.69, 9.17) is 9.47 Å². The van der Waals surface area contributed by atoms with Crippen molar-refractivity contribution in [2.75, 3.05) is 20.3 Å². The molecular formula is C16H15BrO4. The van der Waals surface area contributed by atoms with E-state index in [9.17, 15) is 4.79 Å². The summed E-state index contributed by atoms with van der Waals surface area (Å²) in [5.41, 5.74) is 0.496. The van der Waals surface area contributed by atoms with Crippen LogP contribution in [0.1, 0.15) is 10.4 Å². The number of carbonyl (C=O) groups is 1. The summed E-state index contributed by atoms with van der Waals surface area (Å²) >= 11 is 3.38. The predicted octanol–water partition coefficient (Wildman–Crippen LogP) is 3.69. The Morgan fingerprint density at radius 3 is 2.29 bits per heavy atom. The largest absolute Gasteiger partial charge is 0.490 e. The van der Waals surface area contributed by atoms with Gasteiger partial charge in [0.15, 0.2) is 0 Å². The fraction of sp³-hybridized carbons (Fsp3) is 0.188. The molecule has 0 saturated carbocycles. The second kappa shape index (κ2) is 7.69. The van der Waals surface area contributed by atoms with E-state index in [1.54, 1.807) is 24.3 Å². The first-order valence-corrected chi connectivity index (χ1v) is 7.18. The Labute approximate surface area is 131 Å². The van der Waals surface area contributed by atoms with Gasteiger partial charge in [-0.15, -0.1) is 0 Å². The zero-order valence-corrected chi connectivity index (χ0v) is 13.1. The molecule has 0 aliphatic carbocycles. The Balaban J connectivity index is 1.77. The van der Waals surface area contributed by atoms with Crippen molar-refractivity contribution >= 4 is 21.9 Å². The van der Waals surface area contributed by atoms with E-state index in [2.05, 4.69) is 20.7 Å². The molecule has 0 spiro atoms. The minimum atomic E-state index is -0.362. The smallest absolute Gasteiger partial charge is 0.337 e. The SMILES string of the molecule is COC(=O)c1ccc(OCCOc2cccc(Br)c2)cc1. The molecule has 110 valence electrons. The molecular weight excluding hydrogens is 336 g/mol. The number of methoxy groups -OCH3 is 1. The highest BCUT2D eigenvalue weighted by molar-refractivity contribution is 9.10. The van der Waals surface area contributed by atoms with Crippen LogP contribution >= 0.6 is 15.9 Å². The molecule has 0 aliphatic rings. The van der Waals surface area contributed by atoms with E-state index in [-0.39, 0.29) is 5.97 Å². The third-order valence-corrected chi connectivity index (χ3v) is 3.19. The van der Waals surface area contributed by atoms with Crippen molar-refractivity contribution in [1.82, 2.24) is 0 Å². The van der Waals surface area contributed by atoms with E-state index in [1.165, 1.54) is 7.11 Å². The zero-order chi connectivity index (χ0) is 15.1. The monoisotopic (exact) mass is 350 g/mol. The zero-order valence-electron chi connectivity index (χ0n) is 11.5. The summed E-state index contributed by atoms with van der Waals surface area (Å²) < 4.78 is 16.7. The second-order valence-electron chi connectivity index (χ2n) is 4.17. The fourth-order valence-electron chi connectivity index (χ4n) is 1.68. The van der Waals surface area contributed by atoms with Gasteiger partial charge in [-0.1, -0.05) is 22.0 Å². The highest BCUT2D eigenvalue weighted by atomic mass is 79.9. The molecule has 0 radical (unpaired) electrons. The molecule has 2 aromatic carbocycles. The topological polar surface area (TPSA) is 44.8 Å². The molecule has 0 fully saturated rings. The van der Waals surface area contributed by atoms with E-state index in [0.29, 0.717) is 24.5 Å². The van der Waals surface area contributed by atoms with Gasteiger partial charge in [-0.25, -0.2) is 4.79 Å². The third kappa shape index (κ3) is 4.79. The van der Waals surface area contributed by atoms with Gasteiger partial charge in [0.2, 0.25) is 0 Å². The Hall–Kier alpha value is -2.01. The van der Waals surface area contributed by atoms with Crippen LogP contribution in [0.2, 0.25) is 0 Å². The molecule has 0 N–H and O–H groups in total. The molecule has 2 aromatic rings. The highest BCUT2D eigenvalue weighted by Crippen LogP contribution is 2.18. The molecule has 4 nitrogen and oxygen atoms in total. The summed E-state index contributed by atoms with van der Waals surface area (Å²) in [4.78, 5) is 11.3. The molecule has 0 aromatic heterocycles. The van der Waals surface area contributed by atoms with Gasteiger partial charge >= 0.3 is 5.97 Å². The van der Waals surface area contributed by atoms with E-state index in [0.717, 1.165) is 10.2 Å². The first-order valence-electron chi connectivity index (χ1n) is 6.38. The Bertz CT molecular complexity index is 595.